The fourth-order valence-electron chi connectivity index (χ4n) is 4.82. The van der Waals surface area contributed by atoms with Crippen molar-refractivity contribution in [2.75, 3.05) is 19.6 Å². The van der Waals surface area contributed by atoms with Crippen molar-refractivity contribution in [3.63, 3.8) is 0 Å². The Kier molecular flexibility index (Phi) is 25.5. The van der Waals surface area contributed by atoms with Crippen LogP contribution in [0.15, 0.2) is 0 Å². The molecule has 0 rings (SSSR count). The van der Waals surface area contributed by atoms with Gasteiger partial charge in [-0.05, 0) is 50.7 Å². The largest absolute Gasteiger partial charge is 0.303 e. The Bertz CT molecular complexity index is 309. The first kappa shape index (κ1) is 32.0. The minimum absolute atomic E-state index is 0.887. The zero-order valence-corrected chi connectivity index (χ0v) is 23.6. The molecule has 1 nitrogen and oxygen atoms in total. The van der Waals surface area contributed by atoms with Gasteiger partial charge < -0.3 is 4.90 Å². The monoisotopic (exact) mass is 452 g/mol. The summed E-state index contributed by atoms with van der Waals surface area (Å²) in [5, 5.41) is 0. The molecule has 0 atom stereocenters. The molecule has 0 fully saturated rings. The summed E-state index contributed by atoms with van der Waals surface area (Å²) in [4.78, 5) is 2.82. The lowest BCUT2D eigenvalue weighted by Gasteiger charge is -2.22. The lowest BCUT2D eigenvalue weighted by molar-refractivity contribution is 0.254. The maximum Gasteiger partial charge on any atom is -0.00187 e. The second-order valence-corrected chi connectivity index (χ2v) is 11.6. The first-order valence-electron chi connectivity index (χ1n) is 15.3. The van der Waals surface area contributed by atoms with Gasteiger partial charge in [0.15, 0.2) is 0 Å². The third kappa shape index (κ3) is 26.2. The second kappa shape index (κ2) is 25.6. The summed E-state index contributed by atoms with van der Waals surface area (Å²) in [6.45, 7) is 15.8. The van der Waals surface area contributed by atoms with Crippen LogP contribution in [-0.4, -0.2) is 24.5 Å². The van der Waals surface area contributed by atoms with Gasteiger partial charge in [0.05, 0.1) is 0 Å². The Hall–Kier alpha value is -0.0400. The molecule has 0 aromatic carbocycles. The molecule has 0 amide bonds. The summed E-state index contributed by atoms with van der Waals surface area (Å²) in [6, 6.07) is 0. The van der Waals surface area contributed by atoms with Gasteiger partial charge in [-0.3, -0.25) is 0 Å². The van der Waals surface area contributed by atoms with Crippen molar-refractivity contribution in [2.45, 2.75) is 169 Å². The molecule has 194 valence electrons. The van der Waals surface area contributed by atoms with Crippen LogP contribution in [0.4, 0.5) is 0 Å². The molecule has 0 unspecified atom stereocenters. The van der Waals surface area contributed by atoms with Gasteiger partial charge in [0.1, 0.15) is 0 Å². The van der Waals surface area contributed by atoms with Crippen LogP contribution in [0.1, 0.15) is 169 Å². The Morgan fingerprint density at radius 1 is 0.375 bits per heavy atom. The minimum atomic E-state index is 0.887. The standard InChI is InChI=1S/C31H65N/c1-6-7-8-17-22-27-32(28-23-18-13-9-11-15-20-25-30(2)3)29-24-19-14-10-12-16-21-26-31(4)5/h30-31H,6-29H2,1-5H3. The smallest absolute Gasteiger partial charge is 0.00187 e. The van der Waals surface area contributed by atoms with Crippen molar-refractivity contribution in [1.82, 2.24) is 4.90 Å². The van der Waals surface area contributed by atoms with Crippen LogP contribution in [0, 0.1) is 11.8 Å². The van der Waals surface area contributed by atoms with E-state index in [1.54, 1.807) is 0 Å². The van der Waals surface area contributed by atoms with Gasteiger partial charge in [0.25, 0.3) is 0 Å². The topological polar surface area (TPSA) is 3.24 Å². The van der Waals surface area contributed by atoms with E-state index in [2.05, 4.69) is 39.5 Å². The zero-order valence-electron chi connectivity index (χ0n) is 23.6. The van der Waals surface area contributed by atoms with Crippen LogP contribution in [-0.2, 0) is 0 Å². The van der Waals surface area contributed by atoms with E-state index < -0.39 is 0 Å². The molecule has 0 aliphatic heterocycles. The predicted octanol–water partition coefficient (Wildman–Crippen LogP) is 10.8. The summed E-state index contributed by atoms with van der Waals surface area (Å²) >= 11 is 0. The van der Waals surface area contributed by atoms with Gasteiger partial charge in [-0.15, -0.1) is 0 Å². The lowest BCUT2D eigenvalue weighted by atomic mass is 10.0. The molecule has 0 N–H and O–H groups in total. The maximum atomic E-state index is 2.82. The van der Waals surface area contributed by atoms with Crippen molar-refractivity contribution in [1.29, 1.82) is 0 Å². The van der Waals surface area contributed by atoms with Gasteiger partial charge in [0.2, 0.25) is 0 Å². The predicted molar refractivity (Wildman–Crippen MR) is 149 cm³/mol. The van der Waals surface area contributed by atoms with Crippen molar-refractivity contribution in [3.8, 4) is 0 Å². The van der Waals surface area contributed by atoms with Gasteiger partial charge in [0, 0.05) is 0 Å². The Morgan fingerprint density at radius 2 is 0.656 bits per heavy atom. The van der Waals surface area contributed by atoms with Gasteiger partial charge in [-0.1, -0.05) is 150 Å². The van der Waals surface area contributed by atoms with Gasteiger partial charge in [-0.2, -0.15) is 0 Å². The van der Waals surface area contributed by atoms with Crippen LogP contribution in [0.25, 0.3) is 0 Å². The molecule has 0 saturated carbocycles. The fourth-order valence-corrected chi connectivity index (χ4v) is 4.82. The molecule has 0 heterocycles. The zero-order chi connectivity index (χ0) is 23.7. The minimum Gasteiger partial charge on any atom is -0.303 e. The molecule has 0 bridgehead atoms. The molecule has 0 aliphatic rings. The number of unbranched alkanes of at least 4 members (excludes halogenated alkanes) is 16. The van der Waals surface area contributed by atoms with E-state index in [0.717, 1.165) is 11.8 Å². The molecule has 1 heteroatoms. The lowest BCUT2D eigenvalue weighted by Crippen LogP contribution is -2.27. The summed E-state index contributed by atoms with van der Waals surface area (Å²) < 4.78 is 0. The van der Waals surface area contributed by atoms with Gasteiger partial charge >= 0.3 is 0 Å². The number of hydrogen-bond acceptors (Lipinski definition) is 1. The van der Waals surface area contributed by atoms with E-state index in [4.69, 9.17) is 0 Å². The summed E-state index contributed by atoms with van der Waals surface area (Å²) in [5.74, 6) is 1.77. The Morgan fingerprint density at radius 3 is 0.969 bits per heavy atom. The highest BCUT2D eigenvalue weighted by Crippen LogP contribution is 2.14. The summed E-state index contributed by atoms with van der Waals surface area (Å²) in [6.07, 6.45) is 30.3. The van der Waals surface area contributed by atoms with Crippen LogP contribution in [0.5, 0.6) is 0 Å². The molecule has 0 aliphatic carbocycles. The normalized spacial score (nSPS) is 12.0. The van der Waals surface area contributed by atoms with Gasteiger partial charge in [-0.25, -0.2) is 0 Å². The molecule has 32 heavy (non-hydrogen) atoms. The molecular weight excluding hydrogens is 386 g/mol. The highest BCUT2D eigenvalue weighted by Gasteiger charge is 2.05. The molecular formula is C31H65N. The summed E-state index contributed by atoms with van der Waals surface area (Å²) in [7, 11) is 0. The highest BCUT2D eigenvalue weighted by molar-refractivity contribution is 4.61. The second-order valence-electron chi connectivity index (χ2n) is 11.6. The van der Waals surface area contributed by atoms with Crippen LogP contribution in [0.2, 0.25) is 0 Å². The van der Waals surface area contributed by atoms with Crippen LogP contribution >= 0.6 is 0 Å². The Balaban J connectivity index is 3.78. The quantitative estimate of drug-likeness (QED) is 0.118. The molecule has 0 spiro atoms. The third-order valence-electron chi connectivity index (χ3n) is 7.09. The number of rotatable bonds is 26. The van der Waals surface area contributed by atoms with E-state index in [1.807, 2.05) is 0 Å². The summed E-state index contributed by atoms with van der Waals surface area (Å²) in [5.41, 5.74) is 0. The van der Waals surface area contributed by atoms with Crippen LogP contribution < -0.4 is 0 Å². The van der Waals surface area contributed by atoms with E-state index in [9.17, 15) is 0 Å². The average molecular weight is 452 g/mol. The van der Waals surface area contributed by atoms with Crippen molar-refractivity contribution in [2.24, 2.45) is 11.8 Å². The number of nitrogens with zero attached hydrogens (tertiary/aromatic N) is 1. The number of hydrogen-bond donors (Lipinski definition) is 0. The SMILES string of the molecule is CCCCCCCN(CCCCCCCCCC(C)C)CCCCCCCCCC(C)C. The Labute approximate surface area is 205 Å². The molecule has 0 radical (unpaired) electrons. The maximum absolute atomic E-state index is 2.82. The third-order valence-corrected chi connectivity index (χ3v) is 7.09. The highest BCUT2D eigenvalue weighted by atomic mass is 15.1. The first-order chi connectivity index (χ1) is 15.6. The fraction of sp³-hybridized carbons (Fsp3) is 1.00. The van der Waals surface area contributed by atoms with E-state index >= 15 is 0 Å². The first-order valence-corrected chi connectivity index (χ1v) is 15.3. The van der Waals surface area contributed by atoms with Crippen LogP contribution in [0.3, 0.4) is 0 Å². The van der Waals surface area contributed by atoms with E-state index in [0.29, 0.717) is 0 Å². The molecule has 0 aromatic heterocycles. The van der Waals surface area contributed by atoms with Crippen molar-refractivity contribution in [3.05, 3.63) is 0 Å². The molecule has 0 saturated heterocycles. The van der Waals surface area contributed by atoms with Crippen molar-refractivity contribution >= 4 is 0 Å². The average Bonchev–Trinajstić information content (AvgIpc) is 2.75. The van der Waals surface area contributed by atoms with E-state index in [1.165, 1.54) is 154 Å². The van der Waals surface area contributed by atoms with E-state index in [-0.39, 0.29) is 0 Å². The van der Waals surface area contributed by atoms with Crippen molar-refractivity contribution < 1.29 is 0 Å². The molecule has 0 aromatic rings.